The number of amides is 1. The highest BCUT2D eigenvalue weighted by molar-refractivity contribution is 5.95. The number of allylic oxidation sites excluding steroid dienone is 7. The van der Waals surface area contributed by atoms with E-state index in [2.05, 4.69) is 103 Å². The highest BCUT2D eigenvalue weighted by atomic mass is 16.1. The van der Waals surface area contributed by atoms with Gasteiger partial charge in [-0.15, -0.1) is 6.42 Å². The van der Waals surface area contributed by atoms with Gasteiger partial charge in [-0.1, -0.05) is 121 Å². The lowest BCUT2D eigenvalue weighted by Gasteiger charge is -2.42. The lowest BCUT2D eigenvalue weighted by Crippen LogP contribution is -2.46. The molecule has 2 heteroatoms. The maximum absolute atomic E-state index is 13.4. The molecule has 1 amide bonds. The molecule has 2 aromatic rings. The van der Waals surface area contributed by atoms with Crippen molar-refractivity contribution < 1.29 is 4.79 Å². The predicted molar refractivity (Wildman–Crippen MR) is 201 cm³/mol. The first-order chi connectivity index (χ1) is 22.2. The van der Waals surface area contributed by atoms with Gasteiger partial charge in [-0.2, -0.15) is 0 Å². The SMILES string of the molecule is C#Cc1cc(C(=C/C=C)/C(C)=C(C)/C=C(\C)c2cccc(C(=O)NC(CC)C3CCC3CCC)c2)ccc1CC(CCC)CCC. The Morgan fingerprint density at radius 3 is 2.28 bits per heavy atom. The van der Waals surface area contributed by atoms with E-state index < -0.39 is 0 Å². The minimum absolute atomic E-state index is 0.0340. The van der Waals surface area contributed by atoms with Crippen LogP contribution in [0.15, 0.2) is 78.4 Å². The van der Waals surface area contributed by atoms with Crippen molar-refractivity contribution in [3.8, 4) is 12.3 Å². The predicted octanol–water partition coefficient (Wildman–Crippen LogP) is 11.8. The zero-order valence-corrected chi connectivity index (χ0v) is 29.8. The fraction of sp³-hybridized carbons (Fsp3) is 0.477. The first-order valence-electron chi connectivity index (χ1n) is 17.9. The maximum Gasteiger partial charge on any atom is 0.251 e. The molecule has 0 heterocycles. The van der Waals surface area contributed by atoms with Crippen molar-refractivity contribution >= 4 is 17.1 Å². The number of carbonyl (C=O) groups is 1. The van der Waals surface area contributed by atoms with E-state index in [0.29, 0.717) is 11.8 Å². The molecule has 0 aromatic heterocycles. The third-order valence-corrected chi connectivity index (χ3v) is 10.2. The zero-order chi connectivity index (χ0) is 33.6. The van der Waals surface area contributed by atoms with Crippen LogP contribution in [0.3, 0.4) is 0 Å². The van der Waals surface area contributed by atoms with Crippen molar-refractivity contribution in [3.63, 3.8) is 0 Å². The Labute approximate surface area is 281 Å². The number of benzene rings is 2. The Balaban J connectivity index is 1.84. The summed E-state index contributed by atoms with van der Waals surface area (Å²) in [6.45, 7) is 19.4. The molecule has 2 nitrogen and oxygen atoms in total. The molecule has 0 bridgehead atoms. The highest BCUT2D eigenvalue weighted by Gasteiger charge is 2.36. The van der Waals surface area contributed by atoms with Gasteiger partial charge in [0.2, 0.25) is 0 Å². The molecule has 1 aliphatic carbocycles. The molecule has 46 heavy (non-hydrogen) atoms. The van der Waals surface area contributed by atoms with E-state index in [9.17, 15) is 4.79 Å². The molecule has 3 atom stereocenters. The van der Waals surface area contributed by atoms with Crippen LogP contribution in [0.2, 0.25) is 0 Å². The Morgan fingerprint density at radius 1 is 0.978 bits per heavy atom. The van der Waals surface area contributed by atoms with E-state index in [1.165, 1.54) is 62.5 Å². The second-order valence-corrected chi connectivity index (χ2v) is 13.5. The summed E-state index contributed by atoms with van der Waals surface area (Å²) in [6, 6.07) is 14.9. The molecule has 1 fully saturated rings. The molecule has 2 aromatic carbocycles. The van der Waals surface area contributed by atoms with E-state index in [0.717, 1.165) is 57.7 Å². The molecular weight excluding hydrogens is 558 g/mol. The Bertz CT molecular complexity index is 1450. The van der Waals surface area contributed by atoms with Crippen molar-refractivity contribution in [3.05, 3.63) is 106 Å². The first-order valence-corrected chi connectivity index (χ1v) is 17.9. The average Bonchev–Trinajstić information content (AvgIpc) is 3.05. The highest BCUT2D eigenvalue weighted by Crippen LogP contribution is 2.40. The van der Waals surface area contributed by atoms with Crippen molar-refractivity contribution in [2.75, 3.05) is 0 Å². The minimum atomic E-state index is 0.0340. The maximum atomic E-state index is 13.4. The molecule has 0 saturated heterocycles. The molecule has 3 rings (SSSR count). The quantitative estimate of drug-likeness (QED) is 0.139. The molecule has 0 spiro atoms. The van der Waals surface area contributed by atoms with Crippen molar-refractivity contribution in [1.29, 1.82) is 0 Å². The summed E-state index contributed by atoms with van der Waals surface area (Å²) < 4.78 is 0. The third kappa shape index (κ3) is 9.72. The van der Waals surface area contributed by atoms with Gasteiger partial charge in [0.15, 0.2) is 0 Å². The minimum Gasteiger partial charge on any atom is -0.349 e. The monoisotopic (exact) mass is 617 g/mol. The average molecular weight is 618 g/mol. The van der Waals surface area contributed by atoms with E-state index in [1.807, 2.05) is 24.3 Å². The van der Waals surface area contributed by atoms with Crippen LogP contribution in [0.5, 0.6) is 0 Å². The third-order valence-electron chi connectivity index (χ3n) is 10.2. The molecule has 1 aliphatic rings. The van der Waals surface area contributed by atoms with Crippen LogP contribution in [-0.4, -0.2) is 11.9 Å². The Hall–Kier alpha value is -3.57. The summed E-state index contributed by atoms with van der Waals surface area (Å²) >= 11 is 0. The second kappa shape index (κ2) is 18.5. The normalized spacial score (nSPS) is 18.0. The first kappa shape index (κ1) is 36.9. The summed E-state index contributed by atoms with van der Waals surface area (Å²) in [5, 5.41) is 3.38. The number of hydrogen-bond donors (Lipinski definition) is 1. The number of terminal acetylenes is 1. The summed E-state index contributed by atoms with van der Waals surface area (Å²) in [4.78, 5) is 13.4. The van der Waals surface area contributed by atoms with Gasteiger partial charge in [-0.05, 0) is 121 Å². The number of rotatable bonds is 17. The van der Waals surface area contributed by atoms with Crippen molar-refractivity contribution in [2.24, 2.45) is 17.8 Å². The lowest BCUT2D eigenvalue weighted by molar-refractivity contribution is 0.0799. The van der Waals surface area contributed by atoms with Crippen LogP contribution in [0, 0.1) is 30.1 Å². The molecular formula is C44H59NO. The van der Waals surface area contributed by atoms with Crippen LogP contribution in [0.1, 0.15) is 139 Å². The molecule has 246 valence electrons. The summed E-state index contributed by atoms with van der Waals surface area (Å²) in [7, 11) is 0. The number of hydrogen-bond acceptors (Lipinski definition) is 1. The Morgan fingerprint density at radius 2 is 1.70 bits per heavy atom. The zero-order valence-electron chi connectivity index (χ0n) is 29.8. The molecule has 3 unspecified atom stereocenters. The molecule has 0 aliphatic heterocycles. The standard InChI is InChI=1S/C44H59NO/c1-10-17-34(18-11-2)28-38-23-24-39(29-35(38)14-5)41(20-13-4)33(9)31(7)27-32(8)37-21-16-22-40(30-37)44(46)45-43(15-6)42-26-25-36(42)19-12-3/h5,13,16,20-24,27,29-30,34,36,42-43H,4,10-12,15,17-19,25-26,28H2,1-3,6-9H3,(H,45,46)/b32-27+,33-31+,41-20+. The number of carbonyl (C=O) groups excluding carboxylic acids is 1. The van der Waals surface area contributed by atoms with Gasteiger partial charge in [0.25, 0.3) is 5.91 Å². The molecule has 1 saturated carbocycles. The number of nitrogens with one attached hydrogen (secondary N) is 1. The van der Waals surface area contributed by atoms with Crippen LogP contribution in [-0.2, 0) is 6.42 Å². The lowest BCUT2D eigenvalue weighted by atomic mass is 9.67. The summed E-state index contributed by atoms with van der Waals surface area (Å²) in [5.74, 6) is 5.05. The largest absolute Gasteiger partial charge is 0.349 e. The van der Waals surface area contributed by atoms with E-state index >= 15 is 0 Å². The van der Waals surface area contributed by atoms with Gasteiger partial charge < -0.3 is 5.32 Å². The summed E-state index contributed by atoms with van der Waals surface area (Å²) in [5.41, 5.74) is 9.73. The van der Waals surface area contributed by atoms with Gasteiger partial charge in [0.1, 0.15) is 0 Å². The van der Waals surface area contributed by atoms with Gasteiger partial charge in [-0.25, -0.2) is 0 Å². The second-order valence-electron chi connectivity index (χ2n) is 13.5. The van der Waals surface area contributed by atoms with E-state index in [1.54, 1.807) is 0 Å². The smallest absolute Gasteiger partial charge is 0.251 e. The summed E-state index contributed by atoms with van der Waals surface area (Å²) in [6.07, 6.45) is 24.1. The van der Waals surface area contributed by atoms with Crippen LogP contribution in [0.4, 0.5) is 0 Å². The van der Waals surface area contributed by atoms with Gasteiger partial charge in [-0.3, -0.25) is 4.79 Å². The van der Waals surface area contributed by atoms with Crippen LogP contribution < -0.4 is 5.32 Å². The van der Waals surface area contributed by atoms with Crippen LogP contribution >= 0.6 is 0 Å². The van der Waals surface area contributed by atoms with Crippen LogP contribution in [0.25, 0.3) is 11.1 Å². The van der Waals surface area contributed by atoms with Gasteiger partial charge in [0.05, 0.1) is 0 Å². The fourth-order valence-corrected chi connectivity index (χ4v) is 7.34. The van der Waals surface area contributed by atoms with E-state index in [-0.39, 0.29) is 11.9 Å². The van der Waals surface area contributed by atoms with Crippen molar-refractivity contribution in [1.82, 2.24) is 5.32 Å². The van der Waals surface area contributed by atoms with Gasteiger partial charge in [0, 0.05) is 17.2 Å². The Kier molecular flexibility index (Phi) is 14.9. The molecule has 0 radical (unpaired) electrons. The molecule has 1 N–H and O–H groups in total. The van der Waals surface area contributed by atoms with E-state index in [4.69, 9.17) is 6.42 Å². The fourth-order valence-electron chi connectivity index (χ4n) is 7.34. The van der Waals surface area contributed by atoms with Crippen molar-refractivity contribution in [2.45, 2.75) is 119 Å². The van der Waals surface area contributed by atoms with Gasteiger partial charge >= 0.3 is 0 Å². The topological polar surface area (TPSA) is 29.1 Å².